The van der Waals surface area contributed by atoms with Crippen LogP contribution >= 0.6 is 0 Å². The third kappa shape index (κ3) is 3.79. The van der Waals surface area contributed by atoms with E-state index in [9.17, 15) is 9.59 Å². The van der Waals surface area contributed by atoms with Gasteiger partial charge in [-0.2, -0.15) is 0 Å². The SMILES string of the molecule is O=C(O[C@@H](C(=O)N1CCCCC1)c1ccccc1)c1cccnc1. The molecule has 5 nitrogen and oxygen atoms in total. The largest absolute Gasteiger partial charge is 0.444 e. The predicted molar refractivity (Wildman–Crippen MR) is 89.3 cm³/mol. The van der Waals surface area contributed by atoms with Crippen LogP contribution in [0.5, 0.6) is 0 Å². The van der Waals surface area contributed by atoms with Crippen molar-refractivity contribution in [3.05, 3.63) is 66.0 Å². The summed E-state index contributed by atoms with van der Waals surface area (Å²) in [5.74, 6) is -0.694. The average Bonchev–Trinajstić information content (AvgIpc) is 2.67. The van der Waals surface area contributed by atoms with Gasteiger partial charge in [-0.1, -0.05) is 30.3 Å². The average molecular weight is 324 g/mol. The highest BCUT2D eigenvalue weighted by Gasteiger charge is 2.30. The second-order valence-corrected chi connectivity index (χ2v) is 5.82. The number of aromatic nitrogens is 1. The van der Waals surface area contributed by atoms with Gasteiger partial charge in [-0.15, -0.1) is 0 Å². The number of rotatable bonds is 4. The van der Waals surface area contributed by atoms with Crippen molar-refractivity contribution in [3.63, 3.8) is 0 Å². The van der Waals surface area contributed by atoms with Crippen LogP contribution in [-0.4, -0.2) is 34.8 Å². The number of nitrogens with zero attached hydrogens (tertiary/aromatic N) is 2. The molecule has 0 radical (unpaired) electrons. The van der Waals surface area contributed by atoms with E-state index in [1.165, 1.54) is 6.20 Å². The number of piperidine rings is 1. The Bertz CT molecular complexity index is 682. The van der Waals surface area contributed by atoms with Gasteiger partial charge in [-0.25, -0.2) is 4.79 Å². The van der Waals surface area contributed by atoms with Gasteiger partial charge in [-0.3, -0.25) is 9.78 Å². The molecule has 24 heavy (non-hydrogen) atoms. The molecular weight excluding hydrogens is 304 g/mol. The van der Waals surface area contributed by atoms with E-state index >= 15 is 0 Å². The van der Waals surface area contributed by atoms with E-state index in [0.717, 1.165) is 19.3 Å². The van der Waals surface area contributed by atoms with Gasteiger partial charge in [0.05, 0.1) is 5.56 Å². The number of carbonyl (C=O) groups is 2. The summed E-state index contributed by atoms with van der Waals surface area (Å²) in [6, 6.07) is 12.5. The Morgan fingerprint density at radius 2 is 1.75 bits per heavy atom. The molecule has 1 aromatic carbocycles. The van der Waals surface area contributed by atoms with Crippen LogP contribution in [0.2, 0.25) is 0 Å². The van der Waals surface area contributed by atoms with Gasteiger partial charge in [0.2, 0.25) is 6.10 Å². The zero-order valence-electron chi connectivity index (χ0n) is 13.4. The molecular formula is C19H20N2O3. The highest BCUT2D eigenvalue weighted by Crippen LogP contribution is 2.23. The molecule has 1 aliphatic heterocycles. The number of pyridine rings is 1. The summed E-state index contributed by atoms with van der Waals surface area (Å²) >= 11 is 0. The first-order valence-corrected chi connectivity index (χ1v) is 8.20. The summed E-state index contributed by atoms with van der Waals surface area (Å²) in [7, 11) is 0. The van der Waals surface area contributed by atoms with Gasteiger partial charge in [-0.05, 0) is 31.4 Å². The number of hydrogen-bond donors (Lipinski definition) is 0. The minimum absolute atomic E-state index is 0.154. The normalized spacial score (nSPS) is 15.6. The van der Waals surface area contributed by atoms with Crippen molar-refractivity contribution in [2.45, 2.75) is 25.4 Å². The Morgan fingerprint density at radius 3 is 2.42 bits per heavy atom. The fourth-order valence-corrected chi connectivity index (χ4v) is 2.83. The molecule has 0 spiro atoms. The van der Waals surface area contributed by atoms with E-state index in [0.29, 0.717) is 24.2 Å². The topological polar surface area (TPSA) is 59.5 Å². The Hall–Kier alpha value is -2.69. The van der Waals surface area contributed by atoms with E-state index in [1.54, 1.807) is 23.2 Å². The molecule has 2 aromatic rings. The second-order valence-electron chi connectivity index (χ2n) is 5.82. The zero-order valence-corrected chi connectivity index (χ0v) is 13.4. The molecule has 1 saturated heterocycles. The van der Waals surface area contributed by atoms with Gasteiger partial charge in [0.15, 0.2) is 0 Å². The first-order valence-electron chi connectivity index (χ1n) is 8.20. The molecule has 1 amide bonds. The number of benzene rings is 1. The van der Waals surface area contributed by atoms with Gasteiger partial charge in [0.1, 0.15) is 0 Å². The smallest absolute Gasteiger partial charge is 0.340 e. The fraction of sp³-hybridized carbons (Fsp3) is 0.316. The minimum Gasteiger partial charge on any atom is -0.444 e. The van der Waals surface area contributed by atoms with E-state index in [4.69, 9.17) is 4.74 Å². The summed E-state index contributed by atoms with van der Waals surface area (Å²) in [4.78, 5) is 31.0. The van der Waals surface area contributed by atoms with Crippen molar-refractivity contribution in [3.8, 4) is 0 Å². The standard InChI is InChI=1S/C19H20N2O3/c22-18(21-12-5-2-6-13-21)17(15-8-3-1-4-9-15)24-19(23)16-10-7-11-20-14-16/h1,3-4,7-11,14,17H,2,5-6,12-13H2/t17-/m1/s1. The van der Waals surface area contributed by atoms with Gasteiger partial charge >= 0.3 is 5.97 Å². The van der Waals surface area contributed by atoms with E-state index in [-0.39, 0.29) is 5.91 Å². The summed E-state index contributed by atoms with van der Waals surface area (Å²) in [6.45, 7) is 1.43. The predicted octanol–water partition coefficient (Wildman–Crippen LogP) is 2.99. The molecule has 1 fully saturated rings. The molecule has 2 heterocycles. The Balaban J connectivity index is 1.82. The molecule has 5 heteroatoms. The molecule has 0 saturated carbocycles. The quantitative estimate of drug-likeness (QED) is 0.811. The van der Waals surface area contributed by atoms with Crippen LogP contribution in [0.15, 0.2) is 54.9 Å². The lowest BCUT2D eigenvalue weighted by Crippen LogP contribution is -2.40. The molecule has 0 N–H and O–H groups in total. The monoisotopic (exact) mass is 324 g/mol. The van der Waals surface area contributed by atoms with Crippen molar-refractivity contribution in [2.75, 3.05) is 13.1 Å². The van der Waals surface area contributed by atoms with Crippen LogP contribution in [0.25, 0.3) is 0 Å². The number of carbonyl (C=O) groups excluding carboxylic acids is 2. The molecule has 0 unspecified atom stereocenters. The summed E-state index contributed by atoms with van der Waals surface area (Å²) in [6.07, 6.45) is 5.22. The molecule has 124 valence electrons. The minimum atomic E-state index is -0.919. The molecule has 1 aromatic heterocycles. The summed E-state index contributed by atoms with van der Waals surface area (Å²) < 4.78 is 5.57. The summed E-state index contributed by atoms with van der Waals surface area (Å²) in [5.41, 5.74) is 1.02. The second kappa shape index (κ2) is 7.73. The lowest BCUT2D eigenvalue weighted by Gasteiger charge is -2.30. The van der Waals surface area contributed by atoms with Gasteiger partial charge < -0.3 is 9.64 Å². The molecule has 0 aliphatic carbocycles. The first-order chi connectivity index (χ1) is 11.8. The van der Waals surface area contributed by atoms with Crippen LogP contribution in [0, 0.1) is 0 Å². The van der Waals surface area contributed by atoms with Crippen molar-refractivity contribution in [2.24, 2.45) is 0 Å². The highest BCUT2D eigenvalue weighted by molar-refractivity contribution is 5.92. The van der Waals surface area contributed by atoms with Crippen molar-refractivity contribution < 1.29 is 14.3 Å². The van der Waals surface area contributed by atoms with Crippen molar-refractivity contribution in [1.29, 1.82) is 0 Å². The van der Waals surface area contributed by atoms with Crippen LogP contribution in [0.1, 0.15) is 41.3 Å². The first kappa shape index (κ1) is 16.2. The number of likely N-dealkylation sites (tertiary alicyclic amines) is 1. The van der Waals surface area contributed by atoms with Gasteiger partial charge in [0, 0.05) is 31.0 Å². The third-order valence-electron chi connectivity index (χ3n) is 4.12. The molecule has 1 aliphatic rings. The van der Waals surface area contributed by atoms with Crippen LogP contribution < -0.4 is 0 Å². The third-order valence-corrected chi connectivity index (χ3v) is 4.12. The molecule has 0 bridgehead atoms. The van der Waals surface area contributed by atoms with Crippen LogP contribution in [0.4, 0.5) is 0 Å². The summed E-state index contributed by atoms with van der Waals surface area (Å²) in [5, 5.41) is 0. The molecule has 1 atom stereocenters. The maximum atomic E-state index is 12.9. The van der Waals surface area contributed by atoms with E-state index in [2.05, 4.69) is 4.98 Å². The van der Waals surface area contributed by atoms with E-state index < -0.39 is 12.1 Å². The van der Waals surface area contributed by atoms with Crippen LogP contribution in [-0.2, 0) is 9.53 Å². The van der Waals surface area contributed by atoms with Crippen LogP contribution in [0.3, 0.4) is 0 Å². The highest BCUT2D eigenvalue weighted by atomic mass is 16.5. The Labute approximate surface area is 141 Å². The Morgan fingerprint density at radius 1 is 1.00 bits per heavy atom. The fourth-order valence-electron chi connectivity index (χ4n) is 2.83. The number of esters is 1. The number of hydrogen-bond acceptors (Lipinski definition) is 4. The van der Waals surface area contributed by atoms with Gasteiger partial charge in [0.25, 0.3) is 5.91 Å². The maximum Gasteiger partial charge on any atom is 0.340 e. The number of ether oxygens (including phenoxy) is 1. The lowest BCUT2D eigenvalue weighted by molar-refractivity contribution is -0.142. The number of amides is 1. The Kier molecular flexibility index (Phi) is 5.21. The maximum absolute atomic E-state index is 12.9. The van der Waals surface area contributed by atoms with Crippen molar-refractivity contribution >= 4 is 11.9 Å². The molecule has 3 rings (SSSR count). The van der Waals surface area contributed by atoms with E-state index in [1.807, 2.05) is 30.3 Å². The lowest BCUT2D eigenvalue weighted by atomic mass is 10.1. The zero-order chi connectivity index (χ0) is 16.8. The van der Waals surface area contributed by atoms with Crippen molar-refractivity contribution in [1.82, 2.24) is 9.88 Å².